The highest BCUT2D eigenvalue weighted by Crippen LogP contribution is 2.26. The van der Waals surface area contributed by atoms with Gasteiger partial charge in [0.15, 0.2) is 6.61 Å². The summed E-state index contributed by atoms with van der Waals surface area (Å²) >= 11 is 0. The second-order valence-corrected chi connectivity index (χ2v) is 7.32. The van der Waals surface area contributed by atoms with Gasteiger partial charge >= 0.3 is 11.6 Å². The normalized spacial score (nSPS) is 10.7. The molecule has 0 aliphatic heterocycles. The fraction of sp³-hybridized carbons (Fsp3) is 0.292. The van der Waals surface area contributed by atoms with E-state index in [0.717, 1.165) is 23.1 Å². The lowest BCUT2D eigenvalue weighted by Gasteiger charge is -2.13. The SMILES string of the molecule is CCCNC(=O)c1cc2ccc(OC(=O)COc3c(C)ccc(C)c3C)cc2oc1=O. The van der Waals surface area contributed by atoms with Gasteiger partial charge in [0.2, 0.25) is 0 Å². The summed E-state index contributed by atoms with van der Waals surface area (Å²) in [6.07, 6.45) is 0.756. The molecule has 0 spiro atoms. The minimum Gasteiger partial charge on any atom is -0.481 e. The third-order valence-electron chi connectivity index (χ3n) is 4.93. The molecule has 0 fully saturated rings. The van der Waals surface area contributed by atoms with Crippen molar-refractivity contribution < 1.29 is 23.5 Å². The molecule has 3 aromatic rings. The number of rotatable bonds is 7. The number of nitrogens with one attached hydrogen (secondary N) is 1. The van der Waals surface area contributed by atoms with Gasteiger partial charge in [-0.2, -0.15) is 0 Å². The Morgan fingerprint density at radius 3 is 2.52 bits per heavy atom. The highest BCUT2D eigenvalue weighted by molar-refractivity contribution is 5.96. The van der Waals surface area contributed by atoms with Crippen LogP contribution >= 0.6 is 0 Å². The molecule has 7 heteroatoms. The molecule has 0 aliphatic rings. The molecule has 1 amide bonds. The van der Waals surface area contributed by atoms with E-state index < -0.39 is 17.5 Å². The van der Waals surface area contributed by atoms with E-state index in [-0.39, 0.29) is 23.5 Å². The van der Waals surface area contributed by atoms with Gasteiger partial charge in [-0.3, -0.25) is 4.79 Å². The number of esters is 1. The van der Waals surface area contributed by atoms with Gasteiger partial charge in [-0.15, -0.1) is 0 Å². The van der Waals surface area contributed by atoms with E-state index in [0.29, 0.717) is 17.7 Å². The third-order valence-corrected chi connectivity index (χ3v) is 4.93. The lowest BCUT2D eigenvalue weighted by Crippen LogP contribution is -2.28. The molecule has 0 radical (unpaired) electrons. The monoisotopic (exact) mass is 423 g/mol. The van der Waals surface area contributed by atoms with E-state index in [1.165, 1.54) is 12.1 Å². The first-order chi connectivity index (χ1) is 14.8. The highest BCUT2D eigenvalue weighted by atomic mass is 16.6. The summed E-state index contributed by atoms with van der Waals surface area (Å²) in [5.41, 5.74) is 2.37. The van der Waals surface area contributed by atoms with Crippen LogP contribution in [0.4, 0.5) is 0 Å². The van der Waals surface area contributed by atoms with Crippen molar-refractivity contribution in [2.45, 2.75) is 34.1 Å². The van der Waals surface area contributed by atoms with Gasteiger partial charge < -0.3 is 19.2 Å². The van der Waals surface area contributed by atoms with Crippen LogP contribution in [0.3, 0.4) is 0 Å². The van der Waals surface area contributed by atoms with Crippen LogP contribution < -0.4 is 20.4 Å². The van der Waals surface area contributed by atoms with E-state index in [4.69, 9.17) is 13.9 Å². The molecule has 0 saturated heterocycles. The maximum absolute atomic E-state index is 12.2. The van der Waals surface area contributed by atoms with Gasteiger partial charge in [-0.25, -0.2) is 9.59 Å². The van der Waals surface area contributed by atoms with Crippen molar-refractivity contribution in [3.05, 3.63) is 69.1 Å². The molecule has 2 aromatic carbocycles. The lowest BCUT2D eigenvalue weighted by atomic mass is 10.1. The van der Waals surface area contributed by atoms with E-state index in [1.54, 1.807) is 12.1 Å². The van der Waals surface area contributed by atoms with Crippen LogP contribution in [-0.2, 0) is 4.79 Å². The molecule has 1 N–H and O–H groups in total. The average Bonchev–Trinajstić information content (AvgIpc) is 2.74. The molecular weight excluding hydrogens is 398 g/mol. The molecule has 7 nitrogen and oxygen atoms in total. The predicted molar refractivity (Wildman–Crippen MR) is 117 cm³/mol. The number of carbonyl (C=O) groups is 2. The lowest BCUT2D eigenvalue weighted by molar-refractivity contribution is -0.136. The summed E-state index contributed by atoms with van der Waals surface area (Å²) in [6.45, 7) is 7.95. The number of amides is 1. The molecule has 0 unspecified atom stereocenters. The molecule has 162 valence electrons. The largest absolute Gasteiger partial charge is 0.481 e. The Bertz CT molecular complexity index is 1190. The van der Waals surface area contributed by atoms with Crippen LogP contribution in [0, 0.1) is 20.8 Å². The molecule has 1 aromatic heterocycles. The van der Waals surface area contributed by atoms with Crippen molar-refractivity contribution in [2.75, 3.05) is 13.2 Å². The zero-order valence-corrected chi connectivity index (χ0v) is 18.0. The molecule has 0 bridgehead atoms. The fourth-order valence-electron chi connectivity index (χ4n) is 3.09. The summed E-state index contributed by atoms with van der Waals surface area (Å²) in [7, 11) is 0. The summed E-state index contributed by atoms with van der Waals surface area (Å²) in [4.78, 5) is 36.5. The number of carbonyl (C=O) groups excluding carboxylic acids is 2. The summed E-state index contributed by atoms with van der Waals surface area (Å²) in [5, 5.41) is 3.19. The fourth-order valence-corrected chi connectivity index (χ4v) is 3.09. The molecule has 1 heterocycles. The standard InChI is InChI=1S/C24H25NO6/c1-5-10-25-23(27)19-11-17-8-9-18(12-20(17)31-24(19)28)30-21(26)13-29-22-15(3)7-6-14(2)16(22)4/h6-9,11-12H,5,10,13H2,1-4H3,(H,25,27). The van der Waals surface area contributed by atoms with Crippen LogP contribution in [-0.4, -0.2) is 25.0 Å². The Morgan fingerprint density at radius 2 is 1.77 bits per heavy atom. The highest BCUT2D eigenvalue weighted by Gasteiger charge is 2.15. The minimum atomic E-state index is -0.752. The Morgan fingerprint density at radius 1 is 1.03 bits per heavy atom. The predicted octanol–water partition coefficient (Wildman–Crippen LogP) is 3.84. The molecule has 31 heavy (non-hydrogen) atoms. The Labute approximate surface area is 180 Å². The van der Waals surface area contributed by atoms with Gasteiger partial charge in [0.25, 0.3) is 5.91 Å². The van der Waals surface area contributed by atoms with E-state index in [9.17, 15) is 14.4 Å². The summed E-state index contributed by atoms with van der Waals surface area (Å²) < 4.78 is 16.2. The smallest absolute Gasteiger partial charge is 0.349 e. The van der Waals surface area contributed by atoms with Crippen molar-refractivity contribution in [1.82, 2.24) is 5.32 Å². The van der Waals surface area contributed by atoms with Gasteiger partial charge in [-0.1, -0.05) is 19.1 Å². The quantitative estimate of drug-likeness (QED) is 0.352. The summed E-state index contributed by atoms with van der Waals surface area (Å²) in [5.74, 6) is -0.190. The van der Waals surface area contributed by atoms with Crippen molar-refractivity contribution in [2.24, 2.45) is 0 Å². The minimum absolute atomic E-state index is 0.0667. The molecule has 0 saturated carbocycles. The Hall–Kier alpha value is -3.61. The topological polar surface area (TPSA) is 94.8 Å². The maximum Gasteiger partial charge on any atom is 0.349 e. The molecule has 3 rings (SSSR count). The second-order valence-electron chi connectivity index (χ2n) is 7.32. The van der Waals surface area contributed by atoms with E-state index in [2.05, 4.69) is 5.32 Å². The first kappa shape index (κ1) is 22.1. The molecule has 0 atom stereocenters. The van der Waals surface area contributed by atoms with Crippen LogP contribution in [0.25, 0.3) is 11.0 Å². The van der Waals surface area contributed by atoms with Crippen molar-refractivity contribution in [3.8, 4) is 11.5 Å². The Kier molecular flexibility index (Phi) is 6.74. The number of hydrogen-bond donors (Lipinski definition) is 1. The zero-order valence-electron chi connectivity index (χ0n) is 18.0. The first-order valence-corrected chi connectivity index (χ1v) is 10.1. The Balaban J connectivity index is 1.72. The van der Waals surface area contributed by atoms with Gasteiger partial charge in [0.05, 0.1) is 0 Å². The van der Waals surface area contributed by atoms with Crippen molar-refractivity contribution in [3.63, 3.8) is 0 Å². The molecular formula is C24H25NO6. The number of aryl methyl sites for hydroxylation is 2. The van der Waals surface area contributed by atoms with Crippen LogP contribution in [0.1, 0.15) is 40.4 Å². The van der Waals surface area contributed by atoms with Crippen molar-refractivity contribution >= 4 is 22.8 Å². The number of hydrogen-bond acceptors (Lipinski definition) is 6. The van der Waals surface area contributed by atoms with Crippen molar-refractivity contribution in [1.29, 1.82) is 0 Å². The number of fused-ring (bicyclic) bond motifs is 1. The van der Waals surface area contributed by atoms with Gasteiger partial charge in [0.1, 0.15) is 22.6 Å². The number of ether oxygens (including phenoxy) is 2. The van der Waals surface area contributed by atoms with E-state index in [1.807, 2.05) is 39.8 Å². The molecule has 0 aliphatic carbocycles. The van der Waals surface area contributed by atoms with Crippen LogP contribution in [0.2, 0.25) is 0 Å². The van der Waals surface area contributed by atoms with Gasteiger partial charge in [-0.05, 0) is 62.1 Å². The van der Waals surface area contributed by atoms with Gasteiger partial charge in [0, 0.05) is 18.0 Å². The zero-order chi connectivity index (χ0) is 22.5. The third kappa shape index (κ3) is 5.12. The maximum atomic E-state index is 12.2. The second kappa shape index (κ2) is 9.47. The van der Waals surface area contributed by atoms with Crippen LogP contribution in [0.15, 0.2) is 45.6 Å². The van der Waals surface area contributed by atoms with E-state index >= 15 is 0 Å². The number of benzene rings is 2. The van der Waals surface area contributed by atoms with Crippen LogP contribution in [0.5, 0.6) is 11.5 Å². The first-order valence-electron chi connectivity index (χ1n) is 10.1. The summed E-state index contributed by atoms with van der Waals surface area (Å²) in [6, 6.07) is 10.0. The average molecular weight is 423 g/mol.